The predicted molar refractivity (Wildman–Crippen MR) is 43.4 cm³/mol. The summed E-state index contributed by atoms with van der Waals surface area (Å²) < 4.78 is 10.7. The minimum atomic E-state index is 0.136. The Labute approximate surface area is 67.9 Å². The fraction of sp³-hybridized carbons (Fsp3) is 1.00. The molecule has 1 saturated heterocycles. The molecule has 0 aromatic carbocycles. The van der Waals surface area contributed by atoms with Crippen LogP contribution in [-0.4, -0.2) is 32.0 Å². The van der Waals surface area contributed by atoms with E-state index >= 15 is 0 Å². The van der Waals surface area contributed by atoms with Crippen molar-refractivity contribution in [3.63, 3.8) is 0 Å². The number of rotatable bonds is 4. The van der Waals surface area contributed by atoms with Gasteiger partial charge in [-0.25, -0.2) is 0 Å². The van der Waals surface area contributed by atoms with Crippen LogP contribution in [0, 0.1) is 0 Å². The first-order valence-electron chi connectivity index (χ1n) is 4.24. The van der Waals surface area contributed by atoms with Crippen LogP contribution < -0.4 is 5.73 Å². The van der Waals surface area contributed by atoms with Gasteiger partial charge >= 0.3 is 0 Å². The largest absolute Gasteiger partial charge is 0.377 e. The lowest BCUT2D eigenvalue weighted by Crippen LogP contribution is -2.25. The summed E-state index contributed by atoms with van der Waals surface area (Å²) in [5.74, 6) is 0. The summed E-state index contributed by atoms with van der Waals surface area (Å²) >= 11 is 0. The van der Waals surface area contributed by atoms with E-state index < -0.39 is 0 Å². The molecule has 66 valence electrons. The molecule has 1 aliphatic rings. The smallest absolute Gasteiger partial charge is 0.0809 e. The maximum Gasteiger partial charge on any atom is 0.0809 e. The van der Waals surface area contributed by atoms with Crippen LogP contribution in [0.25, 0.3) is 0 Å². The van der Waals surface area contributed by atoms with Crippen molar-refractivity contribution in [2.24, 2.45) is 5.73 Å². The summed E-state index contributed by atoms with van der Waals surface area (Å²) in [5.41, 5.74) is 5.51. The van der Waals surface area contributed by atoms with Gasteiger partial charge in [0.15, 0.2) is 0 Å². The molecule has 0 aromatic rings. The van der Waals surface area contributed by atoms with E-state index in [0.717, 1.165) is 13.0 Å². The molecule has 0 aliphatic carbocycles. The van der Waals surface area contributed by atoms with E-state index in [9.17, 15) is 0 Å². The molecule has 0 amide bonds. The summed E-state index contributed by atoms with van der Waals surface area (Å²) in [6, 6.07) is 0.136. The third-order valence-electron chi connectivity index (χ3n) is 1.71. The fourth-order valence-electron chi connectivity index (χ4n) is 1.16. The lowest BCUT2D eigenvalue weighted by atomic mass is 10.2. The standard InChI is InChI=1S/C8H17NO2/c1-7(9)5-10-6-8-3-2-4-11-8/h7-8H,2-6,9H2,1H3/t7-,8-/m0/s1. The van der Waals surface area contributed by atoms with Crippen LogP contribution in [0.5, 0.6) is 0 Å². The number of nitrogens with two attached hydrogens (primary N) is 1. The Kier molecular flexibility index (Phi) is 3.83. The van der Waals surface area contributed by atoms with Gasteiger partial charge in [-0.05, 0) is 19.8 Å². The highest BCUT2D eigenvalue weighted by molar-refractivity contribution is 4.63. The maximum atomic E-state index is 5.51. The zero-order valence-corrected chi connectivity index (χ0v) is 7.08. The van der Waals surface area contributed by atoms with Gasteiger partial charge in [0.1, 0.15) is 0 Å². The van der Waals surface area contributed by atoms with E-state index in [1.54, 1.807) is 0 Å². The normalized spacial score (nSPS) is 27.3. The highest BCUT2D eigenvalue weighted by Crippen LogP contribution is 2.11. The zero-order chi connectivity index (χ0) is 8.10. The molecular weight excluding hydrogens is 142 g/mol. The highest BCUT2D eigenvalue weighted by atomic mass is 16.5. The van der Waals surface area contributed by atoms with Crippen molar-refractivity contribution < 1.29 is 9.47 Å². The Balaban J connectivity index is 1.94. The second kappa shape index (κ2) is 4.70. The molecule has 1 heterocycles. The summed E-state index contributed by atoms with van der Waals surface area (Å²) in [4.78, 5) is 0. The van der Waals surface area contributed by atoms with Gasteiger partial charge in [0.25, 0.3) is 0 Å². The molecule has 1 rings (SSSR count). The lowest BCUT2D eigenvalue weighted by Gasteiger charge is -2.11. The quantitative estimate of drug-likeness (QED) is 0.650. The number of hydrogen-bond acceptors (Lipinski definition) is 3. The van der Waals surface area contributed by atoms with Crippen LogP contribution in [-0.2, 0) is 9.47 Å². The van der Waals surface area contributed by atoms with E-state index in [0.29, 0.717) is 19.3 Å². The molecule has 11 heavy (non-hydrogen) atoms. The first kappa shape index (κ1) is 8.97. The maximum absolute atomic E-state index is 5.51. The Bertz CT molecular complexity index is 100. The van der Waals surface area contributed by atoms with Gasteiger partial charge in [-0.15, -0.1) is 0 Å². The average molecular weight is 159 g/mol. The lowest BCUT2D eigenvalue weighted by molar-refractivity contribution is 0.0142. The van der Waals surface area contributed by atoms with Gasteiger partial charge in [0, 0.05) is 12.6 Å². The molecule has 0 unspecified atom stereocenters. The van der Waals surface area contributed by atoms with Crippen molar-refractivity contribution in [1.82, 2.24) is 0 Å². The number of hydrogen-bond donors (Lipinski definition) is 1. The first-order chi connectivity index (χ1) is 5.29. The SMILES string of the molecule is C[C@H](N)COC[C@@H]1CCCO1. The summed E-state index contributed by atoms with van der Waals surface area (Å²) in [5, 5.41) is 0. The molecule has 0 saturated carbocycles. The van der Waals surface area contributed by atoms with E-state index in [1.807, 2.05) is 6.92 Å². The van der Waals surface area contributed by atoms with Gasteiger partial charge in [-0.1, -0.05) is 0 Å². The van der Waals surface area contributed by atoms with E-state index in [4.69, 9.17) is 15.2 Å². The van der Waals surface area contributed by atoms with Crippen molar-refractivity contribution in [2.45, 2.75) is 31.9 Å². The summed E-state index contributed by atoms with van der Waals surface area (Å²) in [6.45, 7) is 4.18. The Morgan fingerprint density at radius 1 is 1.73 bits per heavy atom. The molecule has 0 bridgehead atoms. The molecule has 0 radical (unpaired) electrons. The van der Waals surface area contributed by atoms with E-state index in [2.05, 4.69) is 0 Å². The Morgan fingerprint density at radius 2 is 2.55 bits per heavy atom. The third-order valence-corrected chi connectivity index (χ3v) is 1.71. The Hall–Kier alpha value is -0.120. The molecule has 3 nitrogen and oxygen atoms in total. The van der Waals surface area contributed by atoms with E-state index in [1.165, 1.54) is 6.42 Å². The molecule has 2 atom stereocenters. The highest BCUT2D eigenvalue weighted by Gasteiger charge is 2.15. The molecule has 0 aromatic heterocycles. The van der Waals surface area contributed by atoms with Gasteiger partial charge in [-0.3, -0.25) is 0 Å². The molecular formula is C8H17NO2. The topological polar surface area (TPSA) is 44.5 Å². The zero-order valence-electron chi connectivity index (χ0n) is 7.08. The minimum Gasteiger partial charge on any atom is -0.377 e. The molecule has 3 heteroatoms. The molecule has 2 N–H and O–H groups in total. The van der Waals surface area contributed by atoms with E-state index in [-0.39, 0.29) is 6.04 Å². The van der Waals surface area contributed by atoms with Crippen molar-refractivity contribution in [3.8, 4) is 0 Å². The van der Waals surface area contributed by atoms with Crippen LogP contribution in [0.4, 0.5) is 0 Å². The Morgan fingerprint density at radius 3 is 3.09 bits per heavy atom. The number of ether oxygens (including phenoxy) is 2. The molecule has 1 aliphatic heterocycles. The van der Waals surface area contributed by atoms with Crippen LogP contribution in [0.1, 0.15) is 19.8 Å². The van der Waals surface area contributed by atoms with Crippen molar-refractivity contribution in [2.75, 3.05) is 19.8 Å². The van der Waals surface area contributed by atoms with Crippen molar-refractivity contribution in [1.29, 1.82) is 0 Å². The molecule has 0 spiro atoms. The van der Waals surface area contributed by atoms with Gasteiger partial charge in [0.2, 0.25) is 0 Å². The van der Waals surface area contributed by atoms with Gasteiger partial charge in [-0.2, -0.15) is 0 Å². The van der Waals surface area contributed by atoms with Crippen LogP contribution >= 0.6 is 0 Å². The van der Waals surface area contributed by atoms with Crippen LogP contribution in [0.2, 0.25) is 0 Å². The minimum absolute atomic E-state index is 0.136. The third kappa shape index (κ3) is 3.70. The molecule has 1 fully saturated rings. The van der Waals surface area contributed by atoms with Crippen LogP contribution in [0.15, 0.2) is 0 Å². The van der Waals surface area contributed by atoms with Crippen LogP contribution in [0.3, 0.4) is 0 Å². The second-order valence-electron chi connectivity index (χ2n) is 3.15. The van der Waals surface area contributed by atoms with Gasteiger partial charge < -0.3 is 15.2 Å². The summed E-state index contributed by atoms with van der Waals surface area (Å²) in [6.07, 6.45) is 2.64. The fourth-order valence-corrected chi connectivity index (χ4v) is 1.16. The van der Waals surface area contributed by atoms with Crippen molar-refractivity contribution in [3.05, 3.63) is 0 Å². The summed E-state index contributed by atoms with van der Waals surface area (Å²) in [7, 11) is 0. The monoisotopic (exact) mass is 159 g/mol. The predicted octanol–water partition coefficient (Wildman–Crippen LogP) is 0.529. The second-order valence-corrected chi connectivity index (χ2v) is 3.15. The average Bonchev–Trinajstić information content (AvgIpc) is 2.39. The van der Waals surface area contributed by atoms with Gasteiger partial charge in [0.05, 0.1) is 19.3 Å². The first-order valence-corrected chi connectivity index (χ1v) is 4.24. The van der Waals surface area contributed by atoms with Crippen molar-refractivity contribution >= 4 is 0 Å².